The van der Waals surface area contributed by atoms with Gasteiger partial charge in [0.25, 0.3) is 0 Å². The maximum atomic E-state index is 4.94. The number of nitrogens with one attached hydrogen (secondary N) is 1. The summed E-state index contributed by atoms with van der Waals surface area (Å²) in [5, 5.41) is 7.65. The van der Waals surface area contributed by atoms with Crippen molar-refractivity contribution in [2.75, 3.05) is 39.8 Å². The van der Waals surface area contributed by atoms with Gasteiger partial charge in [0.2, 0.25) is 0 Å². The number of hydrogen-bond acceptors (Lipinski definition) is 4. The minimum Gasteiger partial charge on any atom is -0.364 e. The molecule has 0 bridgehead atoms. The third-order valence-corrected chi connectivity index (χ3v) is 5.63. The van der Waals surface area contributed by atoms with E-state index < -0.39 is 0 Å². The largest absolute Gasteiger partial charge is 0.364 e. The zero-order valence-electron chi connectivity index (χ0n) is 17.4. The van der Waals surface area contributed by atoms with E-state index in [4.69, 9.17) is 4.52 Å². The van der Waals surface area contributed by atoms with Crippen molar-refractivity contribution in [3.63, 3.8) is 0 Å². The molecule has 1 saturated heterocycles. The minimum atomic E-state index is 0.276. The van der Waals surface area contributed by atoms with Gasteiger partial charge in [-0.15, -0.1) is 0 Å². The molecule has 3 aromatic rings. The van der Waals surface area contributed by atoms with Gasteiger partial charge in [-0.25, -0.2) is 0 Å². The summed E-state index contributed by atoms with van der Waals surface area (Å²) in [6, 6.07) is 23.3. The molecule has 1 aliphatic heterocycles. The van der Waals surface area contributed by atoms with Gasteiger partial charge < -0.3 is 14.7 Å². The molecule has 1 fully saturated rings. The second-order valence-electron chi connectivity index (χ2n) is 7.56. The number of piperazine rings is 1. The molecular weight excluding hydrogens is 374 g/mol. The average molecular weight is 404 g/mol. The molecule has 6 nitrogen and oxygen atoms in total. The van der Waals surface area contributed by atoms with Crippen LogP contribution in [0.5, 0.6) is 0 Å². The van der Waals surface area contributed by atoms with Gasteiger partial charge >= 0.3 is 0 Å². The SMILES string of the molecule is CN=C(NCC(c1ccccc1)c1ccccc1)N1CCN(Cc2ccon2)CC1. The Balaban J connectivity index is 1.37. The van der Waals surface area contributed by atoms with Crippen molar-refractivity contribution >= 4 is 5.96 Å². The first-order valence-corrected chi connectivity index (χ1v) is 10.5. The Hall–Kier alpha value is -3.12. The predicted octanol–water partition coefficient (Wildman–Crippen LogP) is 3.20. The zero-order chi connectivity index (χ0) is 20.6. The van der Waals surface area contributed by atoms with Gasteiger partial charge in [0.1, 0.15) is 6.26 Å². The van der Waals surface area contributed by atoms with Crippen LogP contribution in [0.15, 0.2) is 82.5 Å². The van der Waals surface area contributed by atoms with E-state index in [2.05, 4.69) is 85.9 Å². The summed E-state index contributed by atoms with van der Waals surface area (Å²) in [6.07, 6.45) is 1.63. The lowest BCUT2D eigenvalue weighted by atomic mass is 9.91. The summed E-state index contributed by atoms with van der Waals surface area (Å²) in [4.78, 5) is 9.30. The van der Waals surface area contributed by atoms with Crippen LogP contribution in [0.25, 0.3) is 0 Å². The Morgan fingerprint density at radius 3 is 2.13 bits per heavy atom. The molecule has 156 valence electrons. The van der Waals surface area contributed by atoms with Gasteiger partial charge in [0.15, 0.2) is 5.96 Å². The molecule has 2 heterocycles. The molecule has 0 saturated carbocycles. The third kappa shape index (κ3) is 5.07. The van der Waals surface area contributed by atoms with E-state index in [1.807, 2.05) is 13.1 Å². The van der Waals surface area contributed by atoms with Crippen molar-refractivity contribution in [1.29, 1.82) is 0 Å². The Morgan fingerprint density at radius 1 is 0.967 bits per heavy atom. The number of hydrogen-bond donors (Lipinski definition) is 1. The summed E-state index contributed by atoms with van der Waals surface area (Å²) in [5.41, 5.74) is 3.60. The highest BCUT2D eigenvalue weighted by Gasteiger charge is 2.21. The van der Waals surface area contributed by atoms with Gasteiger partial charge in [-0.05, 0) is 11.1 Å². The van der Waals surface area contributed by atoms with E-state index in [1.165, 1.54) is 11.1 Å². The summed E-state index contributed by atoms with van der Waals surface area (Å²) in [5.74, 6) is 1.24. The molecule has 30 heavy (non-hydrogen) atoms. The molecule has 1 aromatic heterocycles. The Kier molecular flexibility index (Phi) is 6.77. The summed E-state index contributed by atoms with van der Waals surface area (Å²) in [7, 11) is 1.87. The fourth-order valence-electron chi connectivity index (χ4n) is 3.99. The molecule has 1 aliphatic rings. The lowest BCUT2D eigenvalue weighted by Crippen LogP contribution is -2.52. The van der Waals surface area contributed by atoms with E-state index in [0.29, 0.717) is 0 Å². The molecule has 6 heteroatoms. The number of guanidine groups is 1. The van der Waals surface area contributed by atoms with Crippen LogP contribution in [0.1, 0.15) is 22.7 Å². The average Bonchev–Trinajstić information content (AvgIpc) is 3.32. The molecule has 2 aromatic carbocycles. The topological polar surface area (TPSA) is 56.9 Å². The van der Waals surface area contributed by atoms with Crippen LogP contribution in [0, 0.1) is 0 Å². The second-order valence-corrected chi connectivity index (χ2v) is 7.56. The highest BCUT2D eigenvalue weighted by atomic mass is 16.5. The monoisotopic (exact) mass is 403 g/mol. The first-order chi connectivity index (χ1) is 14.8. The molecule has 0 aliphatic carbocycles. The Bertz CT molecular complexity index is 864. The fraction of sp³-hybridized carbons (Fsp3) is 0.333. The highest BCUT2D eigenvalue weighted by molar-refractivity contribution is 5.80. The highest BCUT2D eigenvalue weighted by Crippen LogP contribution is 2.23. The van der Waals surface area contributed by atoms with Crippen molar-refractivity contribution in [2.24, 2.45) is 4.99 Å². The standard InChI is InChI=1S/C24H29N5O/c1-25-24(29-15-13-28(14-16-29)19-22-12-17-30-27-22)26-18-23(20-8-4-2-5-9-20)21-10-6-3-7-11-21/h2-12,17,23H,13-16,18-19H2,1H3,(H,25,26). The number of aliphatic imine (C=N–C) groups is 1. The Morgan fingerprint density at radius 2 is 1.60 bits per heavy atom. The van der Waals surface area contributed by atoms with E-state index in [0.717, 1.165) is 50.9 Å². The van der Waals surface area contributed by atoms with Crippen LogP contribution in [-0.2, 0) is 6.54 Å². The fourth-order valence-corrected chi connectivity index (χ4v) is 3.99. The van der Waals surface area contributed by atoms with Crippen LogP contribution in [0.4, 0.5) is 0 Å². The van der Waals surface area contributed by atoms with Crippen LogP contribution in [-0.4, -0.2) is 60.7 Å². The summed E-state index contributed by atoms with van der Waals surface area (Å²) < 4.78 is 4.94. The molecule has 1 N–H and O–H groups in total. The molecule has 0 spiro atoms. The summed E-state index contributed by atoms with van der Waals surface area (Å²) in [6.45, 7) is 5.49. The smallest absolute Gasteiger partial charge is 0.193 e. The van der Waals surface area contributed by atoms with Crippen LogP contribution in [0.3, 0.4) is 0 Å². The molecule has 0 unspecified atom stereocenters. The second kappa shape index (κ2) is 10.1. The molecule has 0 atom stereocenters. The van der Waals surface area contributed by atoms with Crippen molar-refractivity contribution in [3.8, 4) is 0 Å². The minimum absolute atomic E-state index is 0.276. The van der Waals surface area contributed by atoms with Crippen LogP contribution in [0.2, 0.25) is 0 Å². The maximum Gasteiger partial charge on any atom is 0.193 e. The van der Waals surface area contributed by atoms with Crippen molar-refractivity contribution < 1.29 is 4.52 Å². The lowest BCUT2D eigenvalue weighted by molar-refractivity contribution is 0.169. The third-order valence-electron chi connectivity index (χ3n) is 5.63. The van der Waals surface area contributed by atoms with Crippen LogP contribution >= 0.6 is 0 Å². The van der Waals surface area contributed by atoms with E-state index >= 15 is 0 Å². The van der Waals surface area contributed by atoms with Gasteiger partial charge in [-0.1, -0.05) is 65.8 Å². The van der Waals surface area contributed by atoms with Gasteiger partial charge in [-0.3, -0.25) is 9.89 Å². The molecule has 0 radical (unpaired) electrons. The van der Waals surface area contributed by atoms with Crippen LogP contribution < -0.4 is 5.32 Å². The van der Waals surface area contributed by atoms with Crippen molar-refractivity contribution in [3.05, 3.63) is 89.8 Å². The normalized spacial score (nSPS) is 15.5. The lowest BCUT2D eigenvalue weighted by Gasteiger charge is -2.36. The molecular formula is C24H29N5O. The molecule has 0 amide bonds. The summed E-state index contributed by atoms with van der Waals surface area (Å²) >= 11 is 0. The maximum absolute atomic E-state index is 4.94. The van der Waals surface area contributed by atoms with Crippen molar-refractivity contribution in [2.45, 2.75) is 12.5 Å². The molecule has 4 rings (SSSR count). The van der Waals surface area contributed by atoms with Gasteiger partial charge in [-0.2, -0.15) is 0 Å². The van der Waals surface area contributed by atoms with E-state index in [-0.39, 0.29) is 5.92 Å². The number of aromatic nitrogens is 1. The first kappa shape index (κ1) is 20.2. The zero-order valence-corrected chi connectivity index (χ0v) is 17.4. The van der Waals surface area contributed by atoms with E-state index in [1.54, 1.807) is 6.26 Å². The predicted molar refractivity (Wildman–Crippen MR) is 119 cm³/mol. The van der Waals surface area contributed by atoms with Gasteiger partial charge in [0, 0.05) is 58.3 Å². The first-order valence-electron chi connectivity index (χ1n) is 10.5. The number of nitrogens with zero attached hydrogens (tertiary/aromatic N) is 4. The van der Waals surface area contributed by atoms with E-state index in [9.17, 15) is 0 Å². The quantitative estimate of drug-likeness (QED) is 0.506. The number of benzene rings is 2. The number of rotatable bonds is 6. The van der Waals surface area contributed by atoms with Crippen molar-refractivity contribution in [1.82, 2.24) is 20.3 Å². The Labute approximate surface area is 178 Å². The van der Waals surface area contributed by atoms with Gasteiger partial charge in [0.05, 0.1) is 5.69 Å².